The van der Waals surface area contributed by atoms with Crippen LogP contribution in [-0.2, 0) is 0 Å². The summed E-state index contributed by atoms with van der Waals surface area (Å²) in [6.07, 6.45) is 10.6. The number of anilines is 1. The van der Waals surface area contributed by atoms with Crippen molar-refractivity contribution in [3.63, 3.8) is 0 Å². The summed E-state index contributed by atoms with van der Waals surface area (Å²) in [7, 11) is 0. The van der Waals surface area contributed by atoms with E-state index >= 15 is 0 Å². The first kappa shape index (κ1) is 13.6. The maximum atomic E-state index is 11.6. The van der Waals surface area contributed by atoms with Crippen LogP contribution in [0.15, 0.2) is 18.3 Å². The Kier molecular flexibility index (Phi) is 4.04. The van der Waals surface area contributed by atoms with Crippen LogP contribution >= 0.6 is 0 Å². The van der Waals surface area contributed by atoms with Gasteiger partial charge in [-0.1, -0.05) is 19.8 Å². The highest BCUT2D eigenvalue weighted by Gasteiger charge is 2.33. The zero-order valence-corrected chi connectivity index (χ0v) is 12.3. The Labute approximate surface area is 121 Å². The zero-order valence-electron chi connectivity index (χ0n) is 12.3. The second kappa shape index (κ2) is 5.94. The van der Waals surface area contributed by atoms with Gasteiger partial charge in [0.1, 0.15) is 5.69 Å². The Bertz CT molecular complexity index is 462. The lowest BCUT2D eigenvalue weighted by atomic mass is 9.96. The van der Waals surface area contributed by atoms with Gasteiger partial charge in [-0.25, -0.2) is 0 Å². The predicted octanol–water partition coefficient (Wildman–Crippen LogP) is 3.83. The predicted molar refractivity (Wildman–Crippen MR) is 81.2 cm³/mol. The minimum Gasteiger partial charge on any atom is -0.367 e. The van der Waals surface area contributed by atoms with Gasteiger partial charge < -0.3 is 4.90 Å². The van der Waals surface area contributed by atoms with Crippen molar-refractivity contribution in [3.05, 3.63) is 24.0 Å². The molecule has 108 valence electrons. The molecule has 3 nitrogen and oxygen atoms in total. The molecule has 1 aliphatic carbocycles. The average molecular weight is 272 g/mol. The summed E-state index contributed by atoms with van der Waals surface area (Å²) in [4.78, 5) is 18.5. The number of ketones is 1. The topological polar surface area (TPSA) is 33.2 Å². The minimum absolute atomic E-state index is 0.130. The summed E-state index contributed by atoms with van der Waals surface area (Å²) in [6, 6.07) is 4.68. The van der Waals surface area contributed by atoms with Gasteiger partial charge in [0, 0.05) is 19.0 Å². The van der Waals surface area contributed by atoms with Gasteiger partial charge in [0.25, 0.3) is 0 Å². The number of hydrogen-bond donors (Lipinski definition) is 0. The number of aromatic nitrogens is 1. The summed E-state index contributed by atoms with van der Waals surface area (Å²) in [5.74, 6) is 1.000. The molecule has 2 fully saturated rings. The van der Waals surface area contributed by atoms with Gasteiger partial charge in [-0.2, -0.15) is 0 Å². The molecule has 0 bridgehead atoms. The van der Waals surface area contributed by atoms with Crippen LogP contribution in [-0.4, -0.2) is 23.4 Å². The third-order valence-corrected chi connectivity index (χ3v) is 4.93. The quantitative estimate of drug-likeness (QED) is 0.781. The summed E-state index contributed by atoms with van der Waals surface area (Å²) in [6.45, 7) is 3.03. The van der Waals surface area contributed by atoms with Crippen molar-refractivity contribution < 1.29 is 4.79 Å². The Morgan fingerprint density at radius 3 is 2.70 bits per heavy atom. The Morgan fingerprint density at radius 2 is 2.05 bits per heavy atom. The highest BCUT2D eigenvalue weighted by Crippen LogP contribution is 2.37. The van der Waals surface area contributed by atoms with E-state index in [-0.39, 0.29) is 5.78 Å². The average Bonchev–Trinajstić information content (AvgIpc) is 3.16. The van der Waals surface area contributed by atoms with Gasteiger partial charge in [0.15, 0.2) is 5.78 Å². The molecule has 1 atom stereocenters. The van der Waals surface area contributed by atoms with E-state index in [0.29, 0.717) is 18.2 Å². The Balaban J connectivity index is 1.75. The largest absolute Gasteiger partial charge is 0.367 e. The molecule has 20 heavy (non-hydrogen) atoms. The normalized spacial score (nSPS) is 23.4. The molecule has 3 heteroatoms. The van der Waals surface area contributed by atoms with Crippen LogP contribution in [0.1, 0.15) is 62.4 Å². The molecule has 0 aromatic carbocycles. The van der Waals surface area contributed by atoms with E-state index in [0.717, 1.165) is 12.5 Å². The monoisotopic (exact) mass is 272 g/mol. The van der Waals surface area contributed by atoms with Crippen molar-refractivity contribution in [2.24, 2.45) is 5.92 Å². The first-order chi connectivity index (χ1) is 9.79. The first-order valence-corrected chi connectivity index (χ1v) is 8.05. The second-order valence-corrected chi connectivity index (χ2v) is 6.13. The lowest BCUT2D eigenvalue weighted by Gasteiger charge is -2.31. The lowest BCUT2D eigenvalue weighted by molar-refractivity contribution is 0.0983. The van der Waals surface area contributed by atoms with Gasteiger partial charge in [-0.3, -0.25) is 9.78 Å². The van der Waals surface area contributed by atoms with Crippen molar-refractivity contribution in [3.8, 4) is 0 Å². The fraction of sp³-hybridized carbons (Fsp3) is 0.647. The molecule has 1 saturated heterocycles. The van der Waals surface area contributed by atoms with Crippen LogP contribution in [0.5, 0.6) is 0 Å². The zero-order chi connectivity index (χ0) is 13.9. The summed E-state index contributed by atoms with van der Waals surface area (Å²) < 4.78 is 0. The molecular weight excluding hydrogens is 248 g/mol. The molecule has 0 radical (unpaired) electrons. The number of rotatable bonds is 4. The van der Waals surface area contributed by atoms with Crippen LogP contribution in [0.4, 0.5) is 5.69 Å². The first-order valence-electron chi connectivity index (χ1n) is 8.05. The second-order valence-electron chi connectivity index (χ2n) is 6.13. The fourth-order valence-corrected chi connectivity index (χ4v) is 3.85. The summed E-state index contributed by atoms with van der Waals surface area (Å²) in [5.41, 5.74) is 1.81. The maximum absolute atomic E-state index is 11.6. The van der Waals surface area contributed by atoms with Crippen LogP contribution < -0.4 is 4.90 Å². The van der Waals surface area contributed by atoms with E-state index in [4.69, 9.17) is 0 Å². The van der Waals surface area contributed by atoms with Crippen LogP contribution in [0, 0.1) is 5.92 Å². The van der Waals surface area contributed by atoms with Crippen LogP contribution in [0.2, 0.25) is 0 Å². The van der Waals surface area contributed by atoms with Gasteiger partial charge in [-0.15, -0.1) is 0 Å². The van der Waals surface area contributed by atoms with Gasteiger partial charge in [0.05, 0.1) is 11.9 Å². The smallest absolute Gasteiger partial charge is 0.180 e. The Hall–Kier alpha value is -1.38. The van der Waals surface area contributed by atoms with Crippen molar-refractivity contribution in [1.82, 2.24) is 4.98 Å². The van der Waals surface area contributed by atoms with E-state index in [1.807, 2.05) is 19.2 Å². The number of hydrogen-bond acceptors (Lipinski definition) is 3. The van der Waals surface area contributed by atoms with E-state index in [2.05, 4.69) is 16.0 Å². The van der Waals surface area contributed by atoms with Crippen molar-refractivity contribution in [2.75, 3.05) is 11.4 Å². The van der Waals surface area contributed by atoms with E-state index in [1.54, 1.807) is 0 Å². The summed E-state index contributed by atoms with van der Waals surface area (Å²) >= 11 is 0. The summed E-state index contributed by atoms with van der Waals surface area (Å²) in [5, 5.41) is 0. The molecule has 1 saturated carbocycles. The standard InChI is InChI=1S/C17H24N2O/c1-2-17(20)15-10-9-14(12-18-15)19-11-5-8-16(19)13-6-3-4-7-13/h9-10,12-13,16H,2-8,11H2,1H3. The molecule has 1 aromatic rings. The molecule has 3 rings (SSSR count). The van der Waals surface area contributed by atoms with Crippen molar-refractivity contribution in [2.45, 2.75) is 57.9 Å². The van der Waals surface area contributed by atoms with Gasteiger partial charge in [0.2, 0.25) is 0 Å². The number of carbonyl (C=O) groups is 1. The molecule has 1 aromatic heterocycles. The van der Waals surface area contributed by atoms with E-state index in [1.165, 1.54) is 44.2 Å². The third kappa shape index (κ3) is 2.58. The van der Waals surface area contributed by atoms with Crippen molar-refractivity contribution in [1.29, 1.82) is 0 Å². The third-order valence-electron chi connectivity index (χ3n) is 4.93. The number of carbonyl (C=O) groups excluding carboxylic acids is 1. The van der Waals surface area contributed by atoms with Crippen LogP contribution in [0.25, 0.3) is 0 Å². The van der Waals surface area contributed by atoms with E-state index in [9.17, 15) is 4.79 Å². The number of Topliss-reactive ketones (excluding diaryl/α,β-unsaturated/α-hetero) is 1. The SMILES string of the molecule is CCC(=O)c1ccc(N2CCCC2C2CCCC2)cn1. The number of nitrogens with zero attached hydrogens (tertiary/aromatic N) is 2. The Morgan fingerprint density at radius 1 is 1.25 bits per heavy atom. The highest BCUT2D eigenvalue weighted by molar-refractivity contribution is 5.94. The molecule has 1 aliphatic heterocycles. The van der Waals surface area contributed by atoms with Crippen LogP contribution in [0.3, 0.4) is 0 Å². The molecule has 0 spiro atoms. The molecule has 2 heterocycles. The molecule has 2 aliphatic rings. The lowest BCUT2D eigenvalue weighted by Crippen LogP contribution is -2.34. The van der Waals surface area contributed by atoms with Gasteiger partial charge >= 0.3 is 0 Å². The number of pyridine rings is 1. The molecule has 0 N–H and O–H groups in total. The molecular formula is C17H24N2O. The molecule has 1 unspecified atom stereocenters. The highest BCUT2D eigenvalue weighted by atomic mass is 16.1. The van der Waals surface area contributed by atoms with Crippen molar-refractivity contribution >= 4 is 11.5 Å². The fourth-order valence-electron chi connectivity index (χ4n) is 3.85. The maximum Gasteiger partial charge on any atom is 0.180 e. The molecule has 0 amide bonds. The van der Waals surface area contributed by atoms with Gasteiger partial charge in [-0.05, 0) is 43.7 Å². The van der Waals surface area contributed by atoms with E-state index < -0.39 is 0 Å². The minimum atomic E-state index is 0.130.